The van der Waals surface area contributed by atoms with E-state index >= 15 is 0 Å². The Kier molecular flexibility index (Phi) is 4.75. The molecule has 2 aliphatic heterocycles. The van der Waals surface area contributed by atoms with Crippen LogP contribution in [0, 0.1) is 0 Å². The second-order valence-electron chi connectivity index (χ2n) is 7.90. The summed E-state index contributed by atoms with van der Waals surface area (Å²) < 4.78 is 44.4. The van der Waals surface area contributed by atoms with Crippen LogP contribution in [0.15, 0.2) is 24.5 Å². The predicted octanol–water partition coefficient (Wildman–Crippen LogP) is 5.05. The topological polar surface area (TPSA) is 42.4 Å². The SMILES string of the molecule is CC(C)(C)OC(=O)N1C2C=C(c3cncc(C(F)(F)F)c3)CC1CCC2. The molecular formula is C19H23F3N2O2. The van der Waals surface area contributed by atoms with E-state index in [1.807, 2.05) is 26.8 Å². The van der Waals surface area contributed by atoms with Crippen LogP contribution in [0.25, 0.3) is 5.57 Å². The van der Waals surface area contributed by atoms with Crippen LogP contribution in [0.2, 0.25) is 0 Å². The molecule has 1 fully saturated rings. The molecule has 0 N–H and O–H groups in total. The molecule has 1 amide bonds. The van der Waals surface area contributed by atoms with E-state index in [2.05, 4.69) is 4.98 Å². The molecule has 3 heterocycles. The number of piperidine rings is 1. The van der Waals surface area contributed by atoms with Gasteiger partial charge in [-0.2, -0.15) is 13.2 Å². The lowest BCUT2D eigenvalue weighted by atomic mass is 9.83. The second-order valence-corrected chi connectivity index (χ2v) is 7.90. The van der Waals surface area contributed by atoms with Crippen LogP contribution in [0.4, 0.5) is 18.0 Å². The number of hydrogen-bond acceptors (Lipinski definition) is 3. The predicted molar refractivity (Wildman–Crippen MR) is 91.3 cm³/mol. The molecule has 2 atom stereocenters. The average molecular weight is 368 g/mol. The van der Waals surface area contributed by atoms with Gasteiger partial charge in [-0.25, -0.2) is 4.79 Å². The molecule has 0 aromatic carbocycles. The van der Waals surface area contributed by atoms with Gasteiger partial charge >= 0.3 is 12.3 Å². The van der Waals surface area contributed by atoms with Gasteiger partial charge in [0.25, 0.3) is 0 Å². The Labute approximate surface area is 151 Å². The first kappa shape index (κ1) is 18.7. The summed E-state index contributed by atoms with van der Waals surface area (Å²) in [4.78, 5) is 18.1. The van der Waals surface area contributed by atoms with E-state index in [-0.39, 0.29) is 18.2 Å². The summed E-state index contributed by atoms with van der Waals surface area (Å²) in [5.74, 6) is 0. The van der Waals surface area contributed by atoms with Gasteiger partial charge in [-0.15, -0.1) is 0 Å². The molecule has 2 aliphatic rings. The Balaban J connectivity index is 1.88. The number of fused-ring (bicyclic) bond motifs is 2. The van der Waals surface area contributed by atoms with E-state index in [0.29, 0.717) is 12.0 Å². The molecule has 1 aromatic rings. The van der Waals surface area contributed by atoms with Gasteiger partial charge in [0.15, 0.2) is 0 Å². The monoisotopic (exact) mass is 368 g/mol. The van der Waals surface area contributed by atoms with E-state index in [1.165, 1.54) is 6.20 Å². The number of hydrogen-bond donors (Lipinski definition) is 0. The zero-order valence-electron chi connectivity index (χ0n) is 15.1. The zero-order valence-corrected chi connectivity index (χ0v) is 15.1. The van der Waals surface area contributed by atoms with Crippen LogP contribution in [0.3, 0.4) is 0 Å². The summed E-state index contributed by atoms with van der Waals surface area (Å²) in [6, 6.07) is 0.928. The normalized spacial score (nSPS) is 23.5. The minimum absolute atomic E-state index is 0.0573. The maximum Gasteiger partial charge on any atom is 0.417 e. The van der Waals surface area contributed by atoms with Gasteiger partial charge < -0.3 is 4.74 Å². The van der Waals surface area contributed by atoms with E-state index in [9.17, 15) is 18.0 Å². The van der Waals surface area contributed by atoms with Gasteiger partial charge in [0, 0.05) is 18.4 Å². The fraction of sp³-hybridized carbons (Fsp3) is 0.579. The largest absolute Gasteiger partial charge is 0.444 e. The van der Waals surface area contributed by atoms with Crippen molar-refractivity contribution in [2.75, 3.05) is 0 Å². The molecule has 2 unspecified atom stereocenters. The molecule has 142 valence electrons. The average Bonchev–Trinajstić information content (AvgIpc) is 2.51. The summed E-state index contributed by atoms with van der Waals surface area (Å²) in [7, 11) is 0. The van der Waals surface area contributed by atoms with Crippen molar-refractivity contribution in [3.63, 3.8) is 0 Å². The van der Waals surface area contributed by atoms with Crippen LogP contribution in [-0.2, 0) is 10.9 Å². The molecule has 2 bridgehead atoms. The number of amides is 1. The molecule has 7 heteroatoms. The number of rotatable bonds is 1. The number of halogens is 3. The molecule has 3 rings (SSSR count). The number of alkyl halides is 3. The fourth-order valence-electron chi connectivity index (χ4n) is 3.61. The van der Waals surface area contributed by atoms with Gasteiger partial charge in [-0.1, -0.05) is 6.08 Å². The smallest absolute Gasteiger partial charge is 0.417 e. The molecule has 1 aromatic heterocycles. The third kappa shape index (κ3) is 4.02. The third-order valence-electron chi connectivity index (χ3n) is 4.68. The number of carbonyl (C=O) groups excluding carboxylic acids is 1. The quantitative estimate of drug-likeness (QED) is 0.697. The van der Waals surface area contributed by atoms with Crippen molar-refractivity contribution in [3.8, 4) is 0 Å². The fourth-order valence-corrected chi connectivity index (χ4v) is 3.61. The Morgan fingerprint density at radius 1 is 1.23 bits per heavy atom. The Morgan fingerprint density at radius 3 is 2.58 bits per heavy atom. The molecule has 0 spiro atoms. The minimum Gasteiger partial charge on any atom is -0.444 e. The summed E-state index contributed by atoms with van der Waals surface area (Å²) in [5.41, 5.74) is -0.0466. The minimum atomic E-state index is -4.42. The van der Waals surface area contributed by atoms with E-state index in [1.54, 1.807) is 4.90 Å². The van der Waals surface area contributed by atoms with Crippen molar-refractivity contribution < 1.29 is 22.7 Å². The van der Waals surface area contributed by atoms with Crippen LogP contribution < -0.4 is 0 Å². The first-order valence-corrected chi connectivity index (χ1v) is 8.79. The summed E-state index contributed by atoms with van der Waals surface area (Å²) in [6.45, 7) is 5.46. The molecule has 0 radical (unpaired) electrons. The third-order valence-corrected chi connectivity index (χ3v) is 4.68. The van der Waals surface area contributed by atoms with Crippen molar-refractivity contribution in [1.29, 1.82) is 0 Å². The number of nitrogens with zero attached hydrogens (tertiary/aromatic N) is 2. The zero-order chi connectivity index (χ0) is 19.1. The lowest BCUT2D eigenvalue weighted by Gasteiger charge is -2.45. The molecule has 1 saturated heterocycles. The number of pyridine rings is 1. The van der Waals surface area contributed by atoms with Crippen molar-refractivity contribution in [1.82, 2.24) is 9.88 Å². The van der Waals surface area contributed by atoms with Crippen molar-refractivity contribution in [3.05, 3.63) is 35.7 Å². The molecule has 4 nitrogen and oxygen atoms in total. The van der Waals surface area contributed by atoms with Crippen LogP contribution >= 0.6 is 0 Å². The van der Waals surface area contributed by atoms with Gasteiger partial charge in [0.05, 0.1) is 11.6 Å². The highest BCUT2D eigenvalue weighted by Gasteiger charge is 2.40. The van der Waals surface area contributed by atoms with E-state index in [4.69, 9.17) is 4.74 Å². The van der Waals surface area contributed by atoms with Gasteiger partial charge in [0.2, 0.25) is 0 Å². The van der Waals surface area contributed by atoms with Crippen molar-refractivity contribution in [2.45, 2.75) is 70.3 Å². The molecule has 0 aliphatic carbocycles. The van der Waals surface area contributed by atoms with Crippen molar-refractivity contribution >= 4 is 11.7 Å². The van der Waals surface area contributed by atoms with Crippen LogP contribution in [0.1, 0.15) is 57.6 Å². The van der Waals surface area contributed by atoms with Gasteiger partial charge in [0.1, 0.15) is 5.60 Å². The lowest BCUT2D eigenvalue weighted by molar-refractivity contribution is -0.137. The molecular weight excluding hydrogens is 345 g/mol. The van der Waals surface area contributed by atoms with Gasteiger partial charge in [-0.05, 0) is 63.7 Å². The highest BCUT2D eigenvalue weighted by atomic mass is 19.4. The summed E-state index contributed by atoms with van der Waals surface area (Å²) >= 11 is 0. The maximum absolute atomic E-state index is 13.0. The second kappa shape index (κ2) is 6.59. The van der Waals surface area contributed by atoms with Crippen LogP contribution in [-0.4, -0.2) is 33.7 Å². The molecule has 0 saturated carbocycles. The Morgan fingerprint density at radius 2 is 1.96 bits per heavy atom. The number of carbonyl (C=O) groups is 1. The van der Waals surface area contributed by atoms with E-state index in [0.717, 1.165) is 37.1 Å². The van der Waals surface area contributed by atoms with Crippen LogP contribution in [0.5, 0.6) is 0 Å². The Hall–Kier alpha value is -2.05. The Bertz CT molecular complexity index is 722. The highest BCUT2D eigenvalue weighted by molar-refractivity contribution is 5.74. The van der Waals surface area contributed by atoms with Crippen molar-refractivity contribution in [2.24, 2.45) is 0 Å². The summed E-state index contributed by atoms with van der Waals surface area (Å²) in [6.07, 6.45) is 2.52. The number of ether oxygens (including phenoxy) is 1. The highest BCUT2D eigenvalue weighted by Crippen LogP contribution is 2.39. The first-order chi connectivity index (χ1) is 12.0. The first-order valence-electron chi connectivity index (χ1n) is 8.79. The van der Waals surface area contributed by atoms with E-state index < -0.39 is 17.3 Å². The van der Waals surface area contributed by atoms with Gasteiger partial charge in [-0.3, -0.25) is 9.88 Å². The lowest BCUT2D eigenvalue weighted by Crippen LogP contribution is -2.53. The number of aromatic nitrogens is 1. The maximum atomic E-state index is 13.0. The molecule has 26 heavy (non-hydrogen) atoms. The standard InChI is InChI=1S/C19H23F3N2O2/c1-18(2,3)26-17(25)24-15-5-4-6-16(24)9-12(8-15)13-7-14(11-23-10-13)19(20,21)22/h7-8,10-11,15-16H,4-6,9H2,1-3H3. The summed E-state index contributed by atoms with van der Waals surface area (Å²) in [5, 5.41) is 0.